The van der Waals surface area contributed by atoms with E-state index in [9.17, 15) is 4.79 Å². The Bertz CT molecular complexity index is 243. The summed E-state index contributed by atoms with van der Waals surface area (Å²) in [7, 11) is 6.64. The van der Waals surface area contributed by atoms with E-state index in [0.29, 0.717) is 19.4 Å². The Balaban J connectivity index is 2.35. The average molecular weight is 196 g/mol. The van der Waals surface area contributed by atoms with Crippen LogP contribution >= 0.6 is 0 Å². The van der Waals surface area contributed by atoms with Crippen LogP contribution in [-0.2, 0) is 18.9 Å². The number of hydrogen-bond acceptors (Lipinski definition) is 4. The van der Waals surface area contributed by atoms with E-state index in [4.69, 9.17) is 22.2 Å². The van der Waals surface area contributed by atoms with Crippen molar-refractivity contribution in [3.8, 4) is 0 Å². The first kappa shape index (κ1) is 9.99. The van der Waals surface area contributed by atoms with Gasteiger partial charge in [-0.15, -0.1) is 0 Å². The highest BCUT2D eigenvalue weighted by Crippen LogP contribution is 2.56. The number of rotatable bonds is 2. The number of fused-ring (bicyclic) bond motifs is 1. The first-order valence-electron chi connectivity index (χ1n) is 4.81. The van der Waals surface area contributed by atoms with Crippen molar-refractivity contribution < 1.29 is 18.9 Å². The van der Waals surface area contributed by atoms with Gasteiger partial charge in [0.15, 0.2) is 5.79 Å². The first-order valence-corrected chi connectivity index (χ1v) is 4.81. The van der Waals surface area contributed by atoms with Gasteiger partial charge in [0.05, 0.1) is 13.7 Å². The largest absolute Gasteiger partial charge is 0.468 e. The maximum absolute atomic E-state index is 11.7. The van der Waals surface area contributed by atoms with E-state index in [-0.39, 0.29) is 5.97 Å². The fourth-order valence-electron chi connectivity index (χ4n) is 2.73. The van der Waals surface area contributed by atoms with Crippen LogP contribution in [0, 0.1) is 5.41 Å². The number of esters is 1. The second-order valence-corrected chi connectivity index (χ2v) is 3.90. The Morgan fingerprint density at radius 1 is 1.43 bits per heavy atom. The molecule has 2 fully saturated rings. The van der Waals surface area contributed by atoms with Crippen molar-refractivity contribution in [3.05, 3.63) is 0 Å². The second kappa shape index (κ2) is 3.24. The van der Waals surface area contributed by atoms with Crippen molar-refractivity contribution >= 4 is 14.0 Å². The zero-order valence-corrected chi connectivity index (χ0v) is 8.25. The molecule has 2 aliphatic rings. The van der Waals surface area contributed by atoms with Gasteiger partial charge >= 0.3 is 5.97 Å². The van der Waals surface area contributed by atoms with Gasteiger partial charge < -0.3 is 14.1 Å². The summed E-state index contributed by atoms with van der Waals surface area (Å²) in [6.07, 6.45) is 2.92. The van der Waals surface area contributed by atoms with E-state index in [1.807, 2.05) is 0 Å². The minimum Gasteiger partial charge on any atom is -0.468 e. The Morgan fingerprint density at radius 3 is 2.86 bits per heavy atom. The van der Waals surface area contributed by atoms with Gasteiger partial charge in [-0.25, -0.2) is 0 Å². The SMILES string of the molecule is [B]OC12CCCC1(C(=O)OC)CCO2. The molecule has 1 heterocycles. The van der Waals surface area contributed by atoms with Crippen molar-refractivity contribution in [3.63, 3.8) is 0 Å². The summed E-state index contributed by atoms with van der Waals surface area (Å²) in [4.78, 5) is 11.7. The monoisotopic (exact) mass is 196 g/mol. The van der Waals surface area contributed by atoms with Gasteiger partial charge in [-0.05, 0) is 19.3 Å². The van der Waals surface area contributed by atoms with E-state index in [0.717, 1.165) is 12.8 Å². The molecule has 2 unspecified atom stereocenters. The fraction of sp³-hybridized carbons (Fsp3) is 0.889. The summed E-state index contributed by atoms with van der Waals surface area (Å²) in [5.41, 5.74) is -0.670. The highest BCUT2D eigenvalue weighted by molar-refractivity contribution is 5.98. The number of ether oxygens (including phenoxy) is 2. The van der Waals surface area contributed by atoms with Crippen molar-refractivity contribution in [1.29, 1.82) is 0 Å². The van der Waals surface area contributed by atoms with Crippen LogP contribution in [0.25, 0.3) is 0 Å². The Kier molecular flexibility index (Phi) is 2.31. The van der Waals surface area contributed by atoms with Gasteiger partial charge in [-0.3, -0.25) is 4.79 Å². The molecule has 76 valence electrons. The summed E-state index contributed by atoms with van der Waals surface area (Å²) in [5, 5.41) is 0. The predicted molar refractivity (Wildman–Crippen MR) is 48.4 cm³/mol. The fourth-order valence-corrected chi connectivity index (χ4v) is 2.73. The van der Waals surface area contributed by atoms with Crippen molar-refractivity contribution in [2.45, 2.75) is 31.5 Å². The van der Waals surface area contributed by atoms with Crippen LogP contribution in [0.5, 0.6) is 0 Å². The standard InChI is InChI=1S/C9H13BO4/c1-12-7(11)8-3-2-4-9(8,14-10)13-6-5-8/h2-6H2,1H3. The summed E-state index contributed by atoms with van der Waals surface area (Å²) >= 11 is 0. The Hall–Kier alpha value is -0.545. The maximum Gasteiger partial charge on any atom is 0.317 e. The summed E-state index contributed by atoms with van der Waals surface area (Å²) in [6.45, 7) is 0.506. The molecule has 5 heteroatoms. The summed E-state index contributed by atoms with van der Waals surface area (Å²) in [5.74, 6) is -1.20. The summed E-state index contributed by atoms with van der Waals surface area (Å²) < 4.78 is 15.2. The normalized spacial score (nSPS) is 40.9. The van der Waals surface area contributed by atoms with Crippen LogP contribution < -0.4 is 0 Å². The molecule has 4 nitrogen and oxygen atoms in total. The van der Waals surface area contributed by atoms with Crippen molar-refractivity contribution in [2.75, 3.05) is 13.7 Å². The molecule has 1 aliphatic heterocycles. The van der Waals surface area contributed by atoms with E-state index in [1.54, 1.807) is 0 Å². The third kappa shape index (κ3) is 0.996. The molecule has 14 heavy (non-hydrogen) atoms. The molecule has 1 aliphatic carbocycles. The van der Waals surface area contributed by atoms with E-state index in [2.05, 4.69) is 0 Å². The van der Waals surface area contributed by atoms with Gasteiger partial charge in [0.1, 0.15) is 5.41 Å². The number of carbonyl (C=O) groups is 1. The molecule has 1 saturated carbocycles. The summed E-state index contributed by atoms with van der Waals surface area (Å²) in [6, 6.07) is 0. The minimum absolute atomic E-state index is 0.266. The predicted octanol–water partition coefficient (Wildman–Crippen LogP) is 0.546. The number of carbonyl (C=O) groups excluding carboxylic acids is 1. The smallest absolute Gasteiger partial charge is 0.317 e. The van der Waals surface area contributed by atoms with Gasteiger partial charge in [-0.1, -0.05) is 0 Å². The first-order chi connectivity index (χ1) is 6.71. The highest BCUT2D eigenvalue weighted by Gasteiger charge is 2.64. The molecule has 0 amide bonds. The van der Waals surface area contributed by atoms with E-state index >= 15 is 0 Å². The molecular weight excluding hydrogens is 183 g/mol. The lowest BCUT2D eigenvalue weighted by atomic mass is 9.80. The van der Waals surface area contributed by atoms with Gasteiger partial charge in [-0.2, -0.15) is 0 Å². The molecule has 0 bridgehead atoms. The van der Waals surface area contributed by atoms with Crippen molar-refractivity contribution in [2.24, 2.45) is 5.41 Å². The lowest BCUT2D eigenvalue weighted by Gasteiger charge is -2.35. The lowest BCUT2D eigenvalue weighted by molar-refractivity contribution is -0.205. The molecule has 0 aromatic carbocycles. The molecule has 1 saturated heterocycles. The molecular formula is C9H13BO4. The Labute approximate surface area is 84.3 Å². The molecule has 2 atom stereocenters. The van der Waals surface area contributed by atoms with Crippen LogP contribution in [0.4, 0.5) is 0 Å². The van der Waals surface area contributed by atoms with Gasteiger partial charge in [0.2, 0.25) is 0 Å². The molecule has 0 N–H and O–H groups in total. The molecule has 2 rings (SSSR count). The molecule has 0 spiro atoms. The van der Waals surface area contributed by atoms with Crippen LogP contribution in [-0.4, -0.2) is 33.5 Å². The Morgan fingerprint density at radius 2 is 2.21 bits per heavy atom. The highest BCUT2D eigenvalue weighted by atomic mass is 16.7. The average Bonchev–Trinajstić information content (AvgIpc) is 2.71. The lowest BCUT2D eigenvalue weighted by Crippen LogP contribution is -2.48. The van der Waals surface area contributed by atoms with Crippen LogP contribution in [0.15, 0.2) is 0 Å². The molecule has 0 aromatic heterocycles. The van der Waals surface area contributed by atoms with E-state index in [1.165, 1.54) is 7.11 Å². The maximum atomic E-state index is 11.7. The number of hydrogen-bond donors (Lipinski definition) is 0. The zero-order valence-electron chi connectivity index (χ0n) is 8.25. The van der Waals surface area contributed by atoms with Crippen LogP contribution in [0.3, 0.4) is 0 Å². The van der Waals surface area contributed by atoms with Crippen LogP contribution in [0.1, 0.15) is 25.7 Å². The minimum atomic E-state index is -0.930. The van der Waals surface area contributed by atoms with Crippen LogP contribution in [0.2, 0.25) is 0 Å². The quantitative estimate of drug-likeness (QED) is 0.477. The third-order valence-corrected chi connectivity index (χ3v) is 3.47. The number of methoxy groups -OCH3 is 1. The van der Waals surface area contributed by atoms with E-state index < -0.39 is 11.2 Å². The second-order valence-electron chi connectivity index (χ2n) is 3.90. The zero-order chi connectivity index (χ0) is 10.2. The molecule has 2 radical (unpaired) electrons. The topological polar surface area (TPSA) is 44.8 Å². The molecule has 0 aromatic rings. The third-order valence-electron chi connectivity index (χ3n) is 3.47. The van der Waals surface area contributed by atoms with Crippen molar-refractivity contribution in [1.82, 2.24) is 0 Å². The van der Waals surface area contributed by atoms with Gasteiger partial charge in [0, 0.05) is 6.42 Å². The van der Waals surface area contributed by atoms with Gasteiger partial charge in [0.25, 0.3) is 8.05 Å².